The molecule has 2 aromatic carbocycles. The highest BCUT2D eigenvalue weighted by atomic mass is 19.4. The van der Waals surface area contributed by atoms with Gasteiger partial charge in [-0.15, -0.1) is 0 Å². The first kappa shape index (κ1) is 22.6. The molecule has 3 aromatic rings. The first-order chi connectivity index (χ1) is 15.7. The Balaban J connectivity index is 1.45. The van der Waals surface area contributed by atoms with E-state index in [1.807, 2.05) is 6.92 Å². The molecule has 1 amide bonds. The molecular formula is C23H21F3N2O5. The van der Waals surface area contributed by atoms with Crippen LogP contribution in [0.15, 0.2) is 34.9 Å². The maximum atomic E-state index is 13.1. The van der Waals surface area contributed by atoms with E-state index >= 15 is 0 Å². The highest BCUT2D eigenvalue weighted by Crippen LogP contribution is 2.38. The van der Waals surface area contributed by atoms with Crippen molar-refractivity contribution in [3.63, 3.8) is 0 Å². The first-order valence-corrected chi connectivity index (χ1v) is 10.5. The number of anilines is 1. The quantitative estimate of drug-likeness (QED) is 0.481. The molecule has 1 N–H and O–H groups in total. The summed E-state index contributed by atoms with van der Waals surface area (Å²) >= 11 is 0. The summed E-state index contributed by atoms with van der Waals surface area (Å²) in [5.74, 6) is -0.749. The van der Waals surface area contributed by atoms with E-state index < -0.39 is 17.8 Å². The molecule has 0 spiro atoms. The lowest BCUT2D eigenvalue weighted by Crippen LogP contribution is -2.28. The van der Waals surface area contributed by atoms with Gasteiger partial charge < -0.3 is 19.3 Å². The molecule has 0 radical (unpaired) electrons. The normalized spacial score (nSPS) is 13.6. The fourth-order valence-corrected chi connectivity index (χ4v) is 4.03. The minimum atomic E-state index is -4.61. The number of halogens is 3. The minimum absolute atomic E-state index is 0.0690. The summed E-state index contributed by atoms with van der Waals surface area (Å²) in [6.07, 6.45) is -2.86. The summed E-state index contributed by atoms with van der Waals surface area (Å²) in [4.78, 5) is 25.1. The van der Waals surface area contributed by atoms with Crippen LogP contribution in [0.4, 0.5) is 18.9 Å². The van der Waals surface area contributed by atoms with E-state index in [0.29, 0.717) is 48.4 Å². The Morgan fingerprint density at radius 1 is 1.27 bits per heavy atom. The molecule has 2 heterocycles. The number of carbonyl (C=O) groups excluding carboxylic acids is 1. The molecule has 0 aliphatic carbocycles. The number of carbonyl (C=O) groups is 2. The van der Waals surface area contributed by atoms with Crippen LogP contribution >= 0.6 is 0 Å². The van der Waals surface area contributed by atoms with Crippen molar-refractivity contribution in [2.24, 2.45) is 0 Å². The number of hydrogen-bond acceptors (Lipinski definition) is 5. The number of ether oxygens (including phenoxy) is 1. The van der Waals surface area contributed by atoms with Crippen LogP contribution in [0.25, 0.3) is 11.0 Å². The van der Waals surface area contributed by atoms with Gasteiger partial charge in [0.1, 0.15) is 5.75 Å². The fraction of sp³-hybridized carbons (Fsp3) is 0.348. The number of rotatable bonds is 8. The Bertz CT molecular complexity index is 1220. The van der Waals surface area contributed by atoms with Gasteiger partial charge in [0, 0.05) is 17.8 Å². The second kappa shape index (κ2) is 8.76. The predicted molar refractivity (Wildman–Crippen MR) is 113 cm³/mol. The van der Waals surface area contributed by atoms with Crippen molar-refractivity contribution in [2.45, 2.75) is 38.8 Å². The van der Waals surface area contributed by atoms with Crippen molar-refractivity contribution in [1.82, 2.24) is 5.16 Å². The Morgan fingerprint density at radius 2 is 2.06 bits per heavy atom. The third kappa shape index (κ3) is 4.37. The van der Waals surface area contributed by atoms with Crippen molar-refractivity contribution in [3.05, 3.63) is 52.7 Å². The minimum Gasteiger partial charge on any atom is -0.493 e. The monoisotopic (exact) mass is 462 g/mol. The second-order valence-corrected chi connectivity index (χ2v) is 7.77. The van der Waals surface area contributed by atoms with Crippen LogP contribution in [0.2, 0.25) is 0 Å². The molecule has 10 heteroatoms. The molecule has 0 saturated carbocycles. The SMILES string of the molecule is CCCc1c(OCCCN2C(=O)Cc3cc(C(=O)O)ccc32)ccc2c(C(F)(F)F)noc12. The summed E-state index contributed by atoms with van der Waals surface area (Å²) in [5.41, 5.74) is 1.02. The van der Waals surface area contributed by atoms with Gasteiger partial charge in [0.05, 0.1) is 24.0 Å². The third-order valence-electron chi connectivity index (χ3n) is 5.51. The average Bonchev–Trinajstić information content (AvgIpc) is 3.32. The van der Waals surface area contributed by atoms with E-state index in [1.54, 1.807) is 11.0 Å². The van der Waals surface area contributed by atoms with Crippen molar-refractivity contribution in [1.29, 1.82) is 0 Å². The number of benzene rings is 2. The lowest BCUT2D eigenvalue weighted by atomic mass is 10.0. The molecule has 4 rings (SSSR count). The number of fused-ring (bicyclic) bond motifs is 2. The van der Waals surface area contributed by atoms with Crippen LogP contribution in [-0.2, 0) is 23.8 Å². The molecule has 1 aliphatic heterocycles. The molecule has 0 saturated heterocycles. The molecule has 0 atom stereocenters. The van der Waals surface area contributed by atoms with Crippen LogP contribution in [0.1, 0.15) is 46.9 Å². The number of nitrogens with zero attached hydrogens (tertiary/aromatic N) is 2. The zero-order valence-corrected chi connectivity index (χ0v) is 17.7. The standard InChI is InChI=1S/C23H21F3N2O5/c1-2-4-15-18(8-6-16-20(15)33-27-21(16)23(24,25)26)32-10-3-9-28-17-7-5-13(22(30)31)11-14(17)12-19(28)29/h5-8,11H,2-4,9-10,12H2,1H3,(H,30,31). The smallest absolute Gasteiger partial charge is 0.437 e. The highest BCUT2D eigenvalue weighted by Gasteiger charge is 2.37. The summed E-state index contributed by atoms with van der Waals surface area (Å²) < 4.78 is 50.3. The van der Waals surface area contributed by atoms with Crippen molar-refractivity contribution < 1.29 is 37.1 Å². The van der Waals surface area contributed by atoms with Gasteiger partial charge in [-0.3, -0.25) is 4.79 Å². The molecule has 1 aromatic heterocycles. The Kier molecular flexibility index (Phi) is 6.01. The average molecular weight is 462 g/mol. The molecule has 174 valence electrons. The number of aryl methyl sites for hydroxylation is 1. The molecule has 1 aliphatic rings. The van der Waals surface area contributed by atoms with Gasteiger partial charge in [-0.25, -0.2) is 4.79 Å². The van der Waals surface area contributed by atoms with Gasteiger partial charge >= 0.3 is 12.1 Å². The zero-order chi connectivity index (χ0) is 23.8. The number of alkyl halides is 3. The van der Waals surface area contributed by atoms with E-state index in [2.05, 4.69) is 5.16 Å². The third-order valence-corrected chi connectivity index (χ3v) is 5.51. The lowest BCUT2D eigenvalue weighted by molar-refractivity contribution is -0.141. The van der Waals surface area contributed by atoms with Gasteiger partial charge in [0.25, 0.3) is 0 Å². The summed E-state index contributed by atoms with van der Waals surface area (Å²) in [5, 5.41) is 12.2. The van der Waals surface area contributed by atoms with Crippen LogP contribution in [-0.4, -0.2) is 35.3 Å². The van der Waals surface area contributed by atoms with Crippen molar-refractivity contribution >= 4 is 28.5 Å². The van der Waals surface area contributed by atoms with Gasteiger partial charge in [-0.05, 0) is 48.7 Å². The largest absolute Gasteiger partial charge is 0.493 e. The van der Waals surface area contributed by atoms with Crippen molar-refractivity contribution in [3.8, 4) is 5.75 Å². The summed E-state index contributed by atoms with van der Waals surface area (Å²) in [7, 11) is 0. The van der Waals surface area contributed by atoms with Crippen LogP contribution < -0.4 is 9.64 Å². The van der Waals surface area contributed by atoms with E-state index in [1.165, 1.54) is 24.3 Å². The predicted octanol–water partition coefficient (Wildman–Crippen LogP) is 4.86. The summed E-state index contributed by atoms with van der Waals surface area (Å²) in [6, 6.07) is 7.37. The van der Waals surface area contributed by atoms with E-state index in [-0.39, 0.29) is 35.5 Å². The molecule has 0 fully saturated rings. The lowest BCUT2D eigenvalue weighted by Gasteiger charge is -2.18. The molecular weight excluding hydrogens is 441 g/mol. The van der Waals surface area contributed by atoms with E-state index in [9.17, 15) is 22.8 Å². The molecule has 7 nitrogen and oxygen atoms in total. The van der Waals surface area contributed by atoms with Gasteiger partial charge in [-0.2, -0.15) is 13.2 Å². The number of carboxylic acids is 1. The van der Waals surface area contributed by atoms with E-state index in [4.69, 9.17) is 14.4 Å². The maximum Gasteiger partial charge on any atom is 0.437 e. The van der Waals surface area contributed by atoms with Crippen LogP contribution in [0.5, 0.6) is 5.75 Å². The fourth-order valence-electron chi connectivity index (χ4n) is 4.03. The summed E-state index contributed by atoms with van der Waals surface area (Å²) in [6.45, 7) is 2.49. The van der Waals surface area contributed by atoms with Gasteiger partial charge in [0.2, 0.25) is 5.91 Å². The number of hydrogen-bond donors (Lipinski definition) is 1. The van der Waals surface area contributed by atoms with Gasteiger partial charge in [0.15, 0.2) is 11.3 Å². The van der Waals surface area contributed by atoms with Gasteiger partial charge in [-0.1, -0.05) is 18.5 Å². The Hall–Kier alpha value is -3.56. The topological polar surface area (TPSA) is 92.9 Å². The Labute approximate surface area is 186 Å². The molecule has 0 bridgehead atoms. The number of aromatic nitrogens is 1. The maximum absolute atomic E-state index is 13.1. The first-order valence-electron chi connectivity index (χ1n) is 10.5. The molecule has 33 heavy (non-hydrogen) atoms. The number of amides is 1. The number of aromatic carboxylic acids is 1. The van der Waals surface area contributed by atoms with E-state index in [0.717, 1.165) is 0 Å². The highest BCUT2D eigenvalue weighted by molar-refractivity contribution is 6.02. The molecule has 0 unspecified atom stereocenters. The Morgan fingerprint density at radius 3 is 2.76 bits per heavy atom. The van der Waals surface area contributed by atoms with Crippen LogP contribution in [0.3, 0.4) is 0 Å². The zero-order valence-electron chi connectivity index (χ0n) is 17.7. The number of carboxylic acid groups (broad SMARTS) is 1. The second-order valence-electron chi connectivity index (χ2n) is 7.77. The van der Waals surface area contributed by atoms with Crippen LogP contribution in [0, 0.1) is 0 Å². The van der Waals surface area contributed by atoms with Crippen molar-refractivity contribution in [2.75, 3.05) is 18.1 Å².